The fourth-order valence-electron chi connectivity index (χ4n) is 7.12. The molecule has 58 heavy (non-hydrogen) atoms. The van der Waals surface area contributed by atoms with Crippen LogP contribution in [-0.2, 0) is 28.6 Å². The van der Waals surface area contributed by atoms with Crippen molar-refractivity contribution in [1.82, 2.24) is 10.6 Å². The molecule has 0 unspecified atom stereocenters. The largest absolute Gasteiger partial charge is 0.462 e. The molecule has 0 radical (unpaired) electrons. The number of aliphatic hydroxyl groups is 1. The van der Waals surface area contributed by atoms with E-state index in [1.807, 2.05) is 0 Å². The number of carbonyl (C=O) groups is 4. The minimum Gasteiger partial charge on any atom is -0.462 e. The van der Waals surface area contributed by atoms with Crippen LogP contribution in [0.15, 0.2) is 0 Å². The van der Waals surface area contributed by atoms with Gasteiger partial charge >= 0.3 is 12.1 Å². The number of unbranched alkanes of at least 4 members (excludes halogenated alkanes) is 22. The van der Waals surface area contributed by atoms with Gasteiger partial charge in [0, 0.05) is 25.7 Å². The van der Waals surface area contributed by atoms with Crippen LogP contribution in [0, 0.1) is 0 Å². The Hall–Kier alpha value is -2.20. The number of hydrogen-bond acceptors (Lipinski definition) is 8. The molecule has 0 aromatic carbocycles. The second kappa shape index (κ2) is 39.0. The van der Waals surface area contributed by atoms with Crippen molar-refractivity contribution in [1.29, 1.82) is 0 Å². The summed E-state index contributed by atoms with van der Waals surface area (Å²) in [6.07, 6.45) is 31.3. The number of aliphatic hydroxyl groups excluding tert-OH is 1. The number of ether oxygens (including phenoxy) is 3. The lowest BCUT2D eigenvalue weighted by atomic mass is 10.0. The highest BCUT2D eigenvalue weighted by Crippen LogP contribution is 2.17. The van der Waals surface area contributed by atoms with Gasteiger partial charge in [-0.3, -0.25) is 14.4 Å². The number of hydrogen-bond donors (Lipinski definition) is 3. The van der Waals surface area contributed by atoms with Crippen LogP contribution in [0.5, 0.6) is 0 Å². The van der Waals surface area contributed by atoms with Crippen LogP contribution in [-0.4, -0.2) is 72.5 Å². The molecule has 0 fully saturated rings. The average molecular weight is 825 g/mol. The summed E-state index contributed by atoms with van der Waals surface area (Å²) in [4.78, 5) is 51.3. The number of esters is 1. The number of carbonyl (C=O) groups excluding carboxylic acids is 4. The molecular weight excluding hydrogens is 733 g/mol. The summed E-state index contributed by atoms with van der Waals surface area (Å²) in [5.74, 6) is -0.552. The minimum absolute atomic E-state index is 0.0324. The van der Waals surface area contributed by atoms with Crippen molar-refractivity contribution in [2.45, 2.75) is 264 Å². The molecule has 0 bridgehead atoms. The Labute approximate surface area is 356 Å². The van der Waals surface area contributed by atoms with E-state index in [9.17, 15) is 24.3 Å². The topological polar surface area (TPSA) is 140 Å². The van der Waals surface area contributed by atoms with Gasteiger partial charge in [-0.2, -0.15) is 0 Å². The average Bonchev–Trinajstić information content (AvgIpc) is 3.17. The van der Waals surface area contributed by atoms with E-state index >= 15 is 0 Å². The first-order valence-corrected chi connectivity index (χ1v) is 24.1. The van der Waals surface area contributed by atoms with Crippen LogP contribution in [0.1, 0.15) is 241 Å². The van der Waals surface area contributed by atoms with E-state index in [0.717, 1.165) is 57.8 Å². The van der Waals surface area contributed by atoms with Crippen molar-refractivity contribution < 1.29 is 38.5 Å². The summed E-state index contributed by atoms with van der Waals surface area (Å²) in [5, 5.41) is 15.4. The van der Waals surface area contributed by atoms with E-state index in [2.05, 4.69) is 31.4 Å². The van der Waals surface area contributed by atoms with E-state index < -0.39 is 30.4 Å². The number of Topliss-reactive ketones (excluding diaryl/α,β-unsaturated/α-hetero) is 1. The van der Waals surface area contributed by atoms with Gasteiger partial charge in [-0.15, -0.1) is 0 Å². The molecule has 0 aliphatic heterocycles. The van der Waals surface area contributed by atoms with Crippen LogP contribution < -0.4 is 10.6 Å². The fraction of sp³-hybridized carbons (Fsp3) is 0.917. The Morgan fingerprint density at radius 2 is 1.02 bits per heavy atom. The van der Waals surface area contributed by atoms with Crippen molar-refractivity contribution in [3.8, 4) is 0 Å². The summed E-state index contributed by atoms with van der Waals surface area (Å²) in [7, 11) is 0. The van der Waals surface area contributed by atoms with Crippen LogP contribution in [0.4, 0.5) is 4.79 Å². The summed E-state index contributed by atoms with van der Waals surface area (Å²) in [6, 6.07) is -1.53. The quantitative estimate of drug-likeness (QED) is 0.0409. The van der Waals surface area contributed by atoms with Crippen molar-refractivity contribution in [2.75, 3.05) is 19.8 Å². The molecule has 0 aromatic heterocycles. The predicted molar refractivity (Wildman–Crippen MR) is 238 cm³/mol. The number of nitrogens with one attached hydrogen (secondary N) is 2. The zero-order chi connectivity index (χ0) is 43.1. The molecule has 3 atom stereocenters. The number of amides is 2. The molecule has 10 nitrogen and oxygen atoms in total. The number of ketones is 1. The summed E-state index contributed by atoms with van der Waals surface area (Å²) in [6.45, 7) is 11.9. The molecule has 0 aromatic rings. The molecule has 0 aliphatic rings. The van der Waals surface area contributed by atoms with Gasteiger partial charge in [0.2, 0.25) is 5.91 Å². The SMILES string of the molecule is CCCCCCCCCCCCCC(=O)N[C@@H](CCC(=O)[C@H](CO)NC(=O)OC(C)(C)C)COCC[C@@H](CCCCCCC)OC(=O)CCCCCCCCCCC. The van der Waals surface area contributed by atoms with Crippen molar-refractivity contribution in [3.05, 3.63) is 0 Å². The third-order valence-corrected chi connectivity index (χ3v) is 10.7. The second-order valence-electron chi connectivity index (χ2n) is 17.7. The third-order valence-electron chi connectivity index (χ3n) is 10.7. The Morgan fingerprint density at radius 1 is 0.552 bits per heavy atom. The molecule has 0 rings (SSSR count). The normalized spacial score (nSPS) is 13.2. The van der Waals surface area contributed by atoms with Crippen molar-refractivity contribution >= 4 is 23.8 Å². The molecule has 10 heteroatoms. The van der Waals surface area contributed by atoms with E-state index in [4.69, 9.17) is 14.2 Å². The highest BCUT2D eigenvalue weighted by atomic mass is 16.6. The van der Waals surface area contributed by atoms with Gasteiger partial charge in [-0.25, -0.2) is 4.79 Å². The maximum Gasteiger partial charge on any atom is 0.408 e. The first-order chi connectivity index (χ1) is 27.9. The summed E-state index contributed by atoms with van der Waals surface area (Å²) in [5.41, 5.74) is -0.743. The standard InChI is InChI=1S/C48H92N2O8/c1-7-10-13-16-18-20-21-23-24-27-30-33-45(53)49-41(35-36-44(52)43(39-51)50-47(55)58-48(4,5)6)40-56-38-37-42(32-29-26-15-12-9-3)57-46(54)34-31-28-25-22-19-17-14-11-8-2/h41-43,51H,7-40H2,1-6H3,(H,49,53)(H,50,55)/t41-,42+,43-/m0/s1. The van der Waals surface area contributed by atoms with E-state index in [0.29, 0.717) is 32.3 Å². The molecule has 2 amide bonds. The van der Waals surface area contributed by atoms with Gasteiger partial charge in [0.25, 0.3) is 0 Å². The summed E-state index contributed by atoms with van der Waals surface area (Å²) >= 11 is 0. The molecule has 0 aliphatic carbocycles. The van der Waals surface area contributed by atoms with Crippen molar-refractivity contribution in [2.24, 2.45) is 0 Å². The molecular formula is C48H92N2O8. The Morgan fingerprint density at radius 3 is 1.50 bits per heavy atom. The fourth-order valence-corrected chi connectivity index (χ4v) is 7.12. The summed E-state index contributed by atoms with van der Waals surface area (Å²) < 4.78 is 17.4. The highest BCUT2D eigenvalue weighted by Gasteiger charge is 2.25. The number of rotatable bonds is 41. The smallest absolute Gasteiger partial charge is 0.408 e. The van der Waals surface area contributed by atoms with Gasteiger partial charge in [0.1, 0.15) is 17.7 Å². The molecule has 0 heterocycles. The zero-order valence-corrected chi connectivity index (χ0v) is 38.6. The zero-order valence-electron chi connectivity index (χ0n) is 38.6. The molecule has 0 saturated heterocycles. The van der Waals surface area contributed by atoms with Crippen LogP contribution in [0.3, 0.4) is 0 Å². The maximum absolute atomic E-state index is 13.1. The molecule has 342 valence electrons. The second-order valence-corrected chi connectivity index (χ2v) is 17.7. The third kappa shape index (κ3) is 36.8. The van der Waals surface area contributed by atoms with Gasteiger partial charge < -0.3 is 30.0 Å². The van der Waals surface area contributed by atoms with Crippen LogP contribution >= 0.6 is 0 Å². The highest BCUT2D eigenvalue weighted by molar-refractivity contribution is 5.87. The Kier molecular flexibility index (Phi) is 37.5. The molecule has 0 saturated carbocycles. The lowest BCUT2D eigenvalue weighted by molar-refractivity contribution is -0.150. The Balaban J connectivity index is 5.12. The first kappa shape index (κ1) is 55.8. The van der Waals surface area contributed by atoms with E-state index in [1.165, 1.54) is 109 Å². The van der Waals surface area contributed by atoms with Gasteiger partial charge in [0.15, 0.2) is 5.78 Å². The van der Waals surface area contributed by atoms with Crippen molar-refractivity contribution in [3.63, 3.8) is 0 Å². The van der Waals surface area contributed by atoms with Gasteiger partial charge in [-0.1, -0.05) is 162 Å². The predicted octanol–water partition coefficient (Wildman–Crippen LogP) is 12.0. The molecule has 3 N–H and O–H groups in total. The maximum atomic E-state index is 13.1. The number of alkyl carbamates (subject to hydrolysis) is 1. The van der Waals surface area contributed by atoms with Crippen LogP contribution in [0.2, 0.25) is 0 Å². The molecule has 0 spiro atoms. The monoisotopic (exact) mass is 825 g/mol. The van der Waals surface area contributed by atoms with E-state index in [-0.39, 0.29) is 36.8 Å². The minimum atomic E-state index is -1.10. The lowest BCUT2D eigenvalue weighted by Gasteiger charge is -2.23. The lowest BCUT2D eigenvalue weighted by Crippen LogP contribution is -2.46. The van der Waals surface area contributed by atoms with Gasteiger partial charge in [-0.05, 0) is 52.9 Å². The van der Waals surface area contributed by atoms with Gasteiger partial charge in [0.05, 0.1) is 25.9 Å². The van der Waals surface area contributed by atoms with E-state index in [1.54, 1.807) is 20.8 Å². The Bertz CT molecular complexity index is 1000. The van der Waals surface area contributed by atoms with Crippen LogP contribution in [0.25, 0.3) is 0 Å². The first-order valence-electron chi connectivity index (χ1n) is 24.1.